The number of hydrogen-bond acceptors (Lipinski definition) is 7. The first-order valence-corrected chi connectivity index (χ1v) is 30.8. The number of carbonyl (C=O) groups is 1. The second-order valence-electron chi connectivity index (χ2n) is 20.6. The summed E-state index contributed by atoms with van der Waals surface area (Å²) < 4.78 is 34.9. The van der Waals surface area contributed by atoms with Crippen LogP contribution in [0.4, 0.5) is 0 Å². The lowest BCUT2D eigenvalue weighted by atomic mass is 10.0. The highest BCUT2D eigenvalue weighted by molar-refractivity contribution is 7.45. The molecule has 0 aliphatic rings. The van der Waals surface area contributed by atoms with E-state index in [4.69, 9.17) is 18.5 Å². The molecule has 0 spiro atoms. The molecule has 0 radical (unpaired) electrons. The Hall–Kier alpha value is -2.32. The molecule has 412 valence electrons. The second-order valence-corrected chi connectivity index (χ2v) is 22.0. The van der Waals surface area contributed by atoms with Gasteiger partial charge in [-0.25, -0.2) is 0 Å². The molecular formula is C62H112NO7P. The predicted octanol–water partition coefficient (Wildman–Crippen LogP) is 18.1. The van der Waals surface area contributed by atoms with E-state index in [1.165, 1.54) is 148 Å². The van der Waals surface area contributed by atoms with E-state index in [1.807, 2.05) is 21.1 Å². The molecule has 9 heteroatoms. The summed E-state index contributed by atoms with van der Waals surface area (Å²) in [7, 11) is 1.35. The molecule has 0 aromatic heterocycles. The zero-order valence-corrected chi connectivity index (χ0v) is 47.8. The minimum atomic E-state index is -4.54. The molecule has 0 aromatic rings. The van der Waals surface area contributed by atoms with Crippen LogP contribution in [0, 0.1) is 0 Å². The van der Waals surface area contributed by atoms with Crippen molar-refractivity contribution in [3.05, 3.63) is 85.1 Å². The summed E-state index contributed by atoms with van der Waals surface area (Å²) in [5, 5.41) is 0. The van der Waals surface area contributed by atoms with E-state index < -0.39 is 13.9 Å². The van der Waals surface area contributed by atoms with E-state index in [-0.39, 0.29) is 25.8 Å². The van der Waals surface area contributed by atoms with E-state index in [1.54, 1.807) is 0 Å². The number of phosphoric acid groups is 1. The van der Waals surface area contributed by atoms with Gasteiger partial charge in [0.15, 0.2) is 0 Å². The maximum Gasteiger partial charge on any atom is 0.306 e. The number of unbranched alkanes of at least 4 members (excludes halogenated alkanes) is 26. The lowest BCUT2D eigenvalue weighted by Gasteiger charge is -2.28. The Morgan fingerprint density at radius 1 is 0.451 bits per heavy atom. The van der Waals surface area contributed by atoms with Crippen LogP contribution in [0.25, 0.3) is 0 Å². The fourth-order valence-corrected chi connectivity index (χ4v) is 8.69. The van der Waals surface area contributed by atoms with Crippen molar-refractivity contribution >= 4 is 13.8 Å². The Balaban J connectivity index is 4.09. The molecule has 0 saturated heterocycles. The van der Waals surface area contributed by atoms with E-state index in [0.717, 1.165) is 77.0 Å². The molecule has 8 nitrogen and oxygen atoms in total. The normalized spacial score (nSPS) is 14.1. The fraction of sp³-hybridized carbons (Fsp3) is 0.758. The number of carbonyl (C=O) groups excluding carboxylic acids is 1. The largest absolute Gasteiger partial charge is 0.756 e. The van der Waals surface area contributed by atoms with E-state index in [9.17, 15) is 14.3 Å². The standard InChI is InChI=1S/C62H112NO7P/c1-6-8-10-12-14-16-18-20-22-24-26-28-30-31-32-34-36-38-40-42-44-46-48-50-52-54-57-67-59-61(60-69-71(65,66)68-58-56-63(3,4)5)70-62(64)55-53-51-49-47-45-43-41-39-37-35-33-29-27-25-23-21-19-17-15-13-11-9-7-2/h8,10,14,16,19-22,25-28,33,35,61H,6-7,9,11-13,15,17-18,23-24,29-32,34,36-60H2,1-5H3/b10-8-,16-14-,21-19-,22-20-,27-25-,28-26-,35-33-. The van der Waals surface area contributed by atoms with Crippen molar-refractivity contribution in [3.63, 3.8) is 0 Å². The average molecular weight is 1010 g/mol. The number of phosphoric ester groups is 1. The first-order valence-electron chi connectivity index (χ1n) is 29.3. The number of rotatable bonds is 54. The Morgan fingerprint density at radius 2 is 0.817 bits per heavy atom. The van der Waals surface area contributed by atoms with Crippen LogP contribution in [0.1, 0.15) is 245 Å². The number of likely N-dealkylation sites (N-methyl/N-ethyl adjacent to an activating group) is 1. The quantitative estimate of drug-likeness (QED) is 0.0197. The molecule has 71 heavy (non-hydrogen) atoms. The molecule has 0 aromatic carbocycles. The number of nitrogens with zero attached hydrogens (tertiary/aromatic N) is 1. The van der Waals surface area contributed by atoms with Gasteiger partial charge in [-0.05, 0) is 89.9 Å². The third-order valence-electron chi connectivity index (χ3n) is 12.4. The van der Waals surface area contributed by atoms with Gasteiger partial charge in [-0.3, -0.25) is 9.36 Å². The average Bonchev–Trinajstić information content (AvgIpc) is 3.33. The predicted molar refractivity (Wildman–Crippen MR) is 305 cm³/mol. The van der Waals surface area contributed by atoms with Crippen LogP contribution < -0.4 is 4.89 Å². The second kappa shape index (κ2) is 54.0. The number of hydrogen-bond donors (Lipinski definition) is 0. The van der Waals surface area contributed by atoms with Gasteiger partial charge in [-0.1, -0.05) is 234 Å². The highest BCUT2D eigenvalue weighted by atomic mass is 31.2. The van der Waals surface area contributed by atoms with Gasteiger partial charge in [-0.15, -0.1) is 0 Å². The number of esters is 1. The minimum Gasteiger partial charge on any atom is -0.756 e. The molecular weight excluding hydrogens is 902 g/mol. The van der Waals surface area contributed by atoms with Crippen LogP contribution in [0.15, 0.2) is 85.1 Å². The van der Waals surface area contributed by atoms with Crippen LogP contribution in [-0.2, 0) is 27.9 Å². The highest BCUT2D eigenvalue weighted by Crippen LogP contribution is 2.38. The summed E-state index contributed by atoms with van der Waals surface area (Å²) in [6.07, 6.45) is 73.4. The van der Waals surface area contributed by atoms with Crippen molar-refractivity contribution in [1.82, 2.24) is 0 Å². The maximum absolute atomic E-state index is 12.8. The van der Waals surface area contributed by atoms with Gasteiger partial charge in [0.1, 0.15) is 19.3 Å². The Kier molecular flexibility index (Phi) is 52.2. The first kappa shape index (κ1) is 68.7. The van der Waals surface area contributed by atoms with Crippen molar-refractivity contribution < 1.29 is 37.3 Å². The van der Waals surface area contributed by atoms with E-state index >= 15 is 0 Å². The van der Waals surface area contributed by atoms with Gasteiger partial charge in [0.25, 0.3) is 7.82 Å². The van der Waals surface area contributed by atoms with Crippen molar-refractivity contribution in [2.75, 3.05) is 54.1 Å². The molecule has 0 aliphatic carbocycles. The topological polar surface area (TPSA) is 94.1 Å². The third-order valence-corrected chi connectivity index (χ3v) is 13.4. The zero-order chi connectivity index (χ0) is 51.9. The minimum absolute atomic E-state index is 0.0210. The van der Waals surface area contributed by atoms with Gasteiger partial charge in [-0.2, -0.15) is 0 Å². The summed E-state index contributed by atoms with van der Waals surface area (Å²) >= 11 is 0. The zero-order valence-electron chi connectivity index (χ0n) is 46.9. The molecule has 0 N–H and O–H groups in total. The molecule has 0 saturated carbocycles. The summed E-state index contributed by atoms with van der Waals surface area (Å²) in [5.41, 5.74) is 0. The Morgan fingerprint density at radius 3 is 1.23 bits per heavy atom. The van der Waals surface area contributed by atoms with Crippen molar-refractivity contribution in [3.8, 4) is 0 Å². The summed E-state index contributed by atoms with van der Waals surface area (Å²) in [6, 6.07) is 0. The van der Waals surface area contributed by atoms with Gasteiger partial charge >= 0.3 is 5.97 Å². The van der Waals surface area contributed by atoms with Gasteiger partial charge < -0.3 is 27.9 Å². The van der Waals surface area contributed by atoms with Crippen LogP contribution in [0.2, 0.25) is 0 Å². The maximum atomic E-state index is 12.8. The number of ether oxygens (including phenoxy) is 2. The Bertz CT molecular complexity index is 1410. The van der Waals surface area contributed by atoms with Gasteiger partial charge in [0.05, 0.1) is 34.4 Å². The van der Waals surface area contributed by atoms with Crippen molar-refractivity contribution in [2.45, 2.75) is 251 Å². The molecule has 0 fully saturated rings. The van der Waals surface area contributed by atoms with Crippen LogP contribution >= 0.6 is 7.82 Å². The number of quaternary nitrogens is 1. The van der Waals surface area contributed by atoms with Gasteiger partial charge in [0.2, 0.25) is 0 Å². The smallest absolute Gasteiger partial charge is 0.306 e. The molecule has 0 amide bonds. The first-order chi connectivity index (χ1) is 34.6. The highest BCUT2D eigenvalue weighted by Gasteiger charge is 2.20. The van der Waals surface area contributed by atoms with Crippen LogP contribution in [-0.4, -0.2) is 70.7 Å². The SMILES string of the molecule is CC/C=C\C/C=C\C/C=C\C/C=C\CCCCCCCCCCCCCCCOCC(COP(=O)([O-])OCC[N+](C)(C)C)OC(=O)CCCCCCCCCC/C=C\C/C=C\C/C=C\CCCCCCC. The van der Waals surface area contributed by atoms with E-state index in [2.05, 4.69) is 98.9 Å². The number of allylic oxidation sites excluding steroid dienone is 14. The molecule has 0 heterocycles. The van der Waals surface area contributed by atoms with Crippen LogP contribution in [0.3, 0.4) is 0 Å². The summed E-state index contributed by atoms with van der Waals surface area (Å²) in [5.74, 6) is -0.341. The molecule has 0 bridgehead atoms. The van der Waals surface area contributed by atoms with Crippen molar-refractivity contribution in [1.29, 1.82) is 0 Å². The van der Waals surface area contributed by atoms with Crippen LogP contribution in [0.5, 0.6) is 0 Å². The monoisotopic (exact) mass is 1010 g/mol. The fourth-order valence-electron chi connectivity index (χ4n) is 7.96. The van der Waals surface area contributed by atoms with E-state index in [0.29, 0.717) is 24.1 Å². The Labute approximate surface area is 439 Å². The summed E-state index contributed by atoms with van der Waals surface area (Å²) in [6.45, 7) is 5.29. The third kappa shape index (κ3) is 58.4. The molecule has 2 unspecified atom stereocenters. The van der Waals surface area contributed by atoms with Gasteiger partial charge in [0, 0.05) is 13.0 Å². The lowest BCUT2D eigenvalue weighted by molar-refractivity contribution is -0.870. The molecule has 2 atom stereocenters. The lowest BCUT2D eigenvalue weighted by Crippen LogP contribution is -2.37. The summed E-state index contributed by atoms with van der Waals surface area (Å²) in [4.78, 5) is 25.3. The molecule has 0 rings (SSSR count). The van der Waals surface area contributed by atoms with Crippen molar-refractivity contribution in [2.24, 2.45) is 0 Å². The molecule has 0 aliphatic heterocycles.